The van der Waals surface area contributed by atoms with Crippen molar-refractivity contribution < 1.29 is 36.2 Å². The highest BCUT2D eigenvalue weighted by Gasteiger charge is 2.67. The number of nitrogens with one attached hydrogen (secondary N) is 2. The maximum atomic E-state index is 14.2. The van der Waals surface area contributed by atoms with Crippen LogP contribution in [0.1, 0.15) is 12.8 Å². The number of alkyl halides is 7. The van der Waals surface area contributed by atoms with Gasteiger partial charge in [0.2, 0.25) is 0 Å². The lowest BCUT2D eigenvalue weighted by atomic mass is 9.91. The predicted octanol–water partition coefficient (Wildman–Crippen LogP) is 5.03. The summed E-state index contributed by atoms with van der Waals surface area (Å²) in [6.45, 7) is 0. The van der Waals surface area contributed by atoms with Crippen LogP contribution in [-0.4, -0.2) is 46.1 Å². The zero-order valence-corrected chi connectivity index (χ0v) is 21.5. The summed E-state index contributed by atoms with van der Waals surface area (Å²) < 4.78 is 79.5. The van der Waals surface area contributed by atoms with Gasteiger partial charge in [-0.25, -0.2) is 13.2 Å². The molecule has 0 aromatic rings. The van der Waals surface area contributed by atoms with Crippen molar-refractivity contribution in [2.75, 3.05) is 0 Å². The molecule has 0 bridgehead atoms. The van der Waals surface area contributed by atoms with Crippen LogP contribution >= 0.6 is 34.8 Å². The van der Waals surface area contributed by atoms with Crippen LogP contribution < -0.4 is 16.4 Å². The lowest BCUT2D eigenvalue weighted by Crippen LogP contribution is -2.41. The summed E-state index contributed by atoms with van der Waals surface area (Å²) >= 11 is 18.7. The standard InChI is InChI=1S/C24H22Cl3F6N3O2/c25-13-3-2-10(8-11(13)21(37)36-16-6-5-15(29)20(34)19(16)30)35-22(38)18-17(23(18,26)27)9-1-4-14(28)12(7-9)24(31,32)33/h1,3-4,6-8,10,12,14-15,17-18,22,35,38H,2,5,34H2,(H,36,37). The topological polar surface area (TPSA) is 87.4 Å². The van der Waals surface area contributed by atoms with E-state index in [1.807, 2.05) is 0 Å². The maximum absolute atomic E-state index is 14.2. The van der Waals surface area contributed by atoms with Crippen LogP contribution in [0.25, 0.3) is 0 Å². The second kappa shape index (κ2) is 10.6. The summed E-state index contributed by atoms with van der Waals surface area (Å²) in [6, 6.07) is -0.700. The lowest BCUT2D eigenvalue weighted by Gasteiger charge is -2.25. The minimum Gasteiger partial charge on any atom is -0.397 e. The number of carbonyl (C=O) groups excluding carboxylic acids is 1. The van der Waals surface area contributed by atoms with E-state index in [-0.39, 0.29) is 34.7 Å². The fourth-order valence-corrected chi connectivity index (χ4v) is 5.80. The molecule has 5 N–H and O–H groups in total. The summed E-state index contributed by atoms with van der Waals surface area (Å²) in [5.41, 5.74) is 4.40. The monoisotopic (exact) mass is 603 g/mol. The normalized spacial score (nSPS) is 33.6. The molecule has 14 heteroatoms. The molecule has 0 aliphatic heterocycles. The van der Waals surface area contributed by atoms with Crippen LogP contribution in [-0.2, 0) is 4.79 Å². The molecule has 7 unspecified atom stereocenters. The highest BCUT2D eigenvalue weighted by Crippen LogP contribution is 2.64. The molecule has 208 valence electrons. The van der Waals surface area contributed by atoms with Crippen LogP contribution in [0.3, 0.4) is 0 Å². The van der Waals surface area contributed by atoms with Gasteiger partial charge in [0, 0.05) is 29.3 Å². The van der Waals surface area contributed by atoms with Crippen molar-refractivity contribution >= 4 is 40.7 Å². The van der Waals surface area contributed by atoms with E-state index < -0.39 is 70.3 Å². The third kappa shape index (κ3) is 5.67. The molecule has 0 aromatic heterocycles. The Morgan fingerprint density at radius 3 is 2.53 bits per heavy atom. The van der Waals surface area contributed by atoms with Crippen LogP contribution in [0.4, 0.5) is 26.3 Å². The Balaban J connectivity index is 1.45. The van der Waals surface area contributed by atoms with Crippen molar-refractivity contribution in [3.8, 4) is 0 Å². The van der Waals surface area contributed by atoms with Gasteiger partial charge < -0.3 is 16.2 Å². The van der Waals surface area contributed by atoms with Crippen molar-refractivity contribution in [1.29, 1.82) is 0 Å². The van der Waals surface area contributed by atoms with Gasteiger partial charge in [-0.15, -0.1) is 23.2 Å². The minimum absolute atomic E-state index is 0.0389. The van der Waals surface area contributed by atoms with E-state index in [9.17, 15) is 36.2 Å². The number of allylic oxidation sites excluding steroid dienone is 7. The zero-order valence-electron chi connectivity index (χ0n) is 19.3. The molecule has 4 aliphatic rings. The highest BCUT2D eigenvalue weighted by molar-refractivity contribution is 6.51. The Labute approximate surface area is 228 Å². The molecule has 5 nitrogen and oxygen atoms in total. The molecule has 0 spiro atoms. The van der Waals surface area contributed by atoms with Gasteiger partial charge in [-0.2, -0.15) is 13.2 Å². The van der Waals surface area contributed by atoms with E-state index in [0.29, 0.717) is 0 Å². The molecule has 0 heterocycles. The van der Waals surface area contributed by atoms with Gasteiger partial charge in [-0.05, 0) is 18.1 Å². The molecule has 7 atom stereocenters. The van der Waals surface area contributed by atoms with Gasteiger partial charge in [0.25, 0.3) is 5.91 Å². The Bertz CT molecular complexity index is 1190. The molecule has 1 saturated carbocycles. The van der Waals surface area contributed by atoms with E-state index in [4.69, 9.17) is 40.5 Å². The number of hydrogen-bond acceptors (Lipinski definition) is 4. The SMILES string of the molecule is NC1=C(F)C(NC(=O)C2=CC(NC(O)C3C(C4=CC(C(F)(F)F)C(F)C=C4)C3(Cl)Cl)CC=C2Cl)=CCC1F. The summed E-state index contributed by atoms with van der Waals surface area (Å²) in [6.07, 6.45) is -3.60. The molecule has 4 aliphatic carbocycles. The highest BCUT2D eigenvalue weighted by atomic mass is 35.5. The largest absolute Gasteiger partial charge is 0.398 e. The fraction of sp³-hybridized carbons (Fsp3) is 0.458. The van der Waals surface area contributed by atoms with Crippen molar-refractivity contribution in [2.45, 2.75) is 48.0 Å². The number of rotatable bonds is 6. The first kappa shape index (κ1) is 29.1. The molecule has 1 fully saturated rings. The first-order valence-corrected chi connectivity index (χ1v) is 12.6. The van der Waals surface area contributed by atoms with Crippen LogP contribution in [0, 0.1) is 17.8 Å². The number of carbonyl (C=O) groups is 1. The van der Waals surface area contributed by atoms with E-state index in [1.54, 1.807) is 0 Å². The number of hydrogen-bond donors (Lipinski definition) is 4. The molecule has 4 rings (SSSR count). The predicted molar refractivity (Wildman–Crippen MR) is 131 cm³/mol. The van der Waals surface area contributed by atoms with Gasteiger partial charge in [-0.3, -0.25) is 10.1 Å². The number of nitrogens with two attached hydrogens (primary N) is 1. The Hall–Kier alpha value is -1.92. The fourth-order valence-electron chi connectivity index (χ4n) is 4.67. The molecular formula is C24H22Cl3F6N3O2. The van der Waals surface area contributed by atoms with Crippen molar-refractivity contribution in [2.24, 2.45) is 23.5 Å². The first-order valence-electron chi connectivity index (χ1n) is 11.4. The summed E-state index contributed by atoms with van der Waals surface area (Å²) in [5, 5.41) is 15.9. The number of halogens is 9. The van der Waals surface area contributed by atoms with Crippen molar-refractivity contribution in [1.82, 2.24) is 10.6 Å². The molecule has 1 amide bonds. The van der Waals surface area contributed by atoms with Gasteiger partial charge in [0.15, 0.2) is 5.83 Å². The van der Waals surface area contributed by atoms with E-state index >= 15 is 0 Å². The second-order valence-electron chi connectivity index (χ2n) is 9.35. The Morgan fingerprint density at radius 2 is 1.87 bits per heavy atom. The molecule has 38 heavy (non-hydrogen) atoms. The van der Waals surface area contributed by atoms with E-state index in [2.05, 4.69) is 10.6 Å². The van der Waals surface area contributed by atoms with Crippen LogP contribution in [0.2, 0.25) is 0 Å². The van der Waals surface area contributed by atoms with Crippen LogP contribution in [0.5, 0.6) is 0 Å². The smallest absolute Gasteiger partial charge is 0.397 e. The number of amides is 1. The van der Waals surface area contributed by atoms with Crippen molar-refractivity contribution in [3.63, 3.8) is 0 Å². The van der Waals surface area contributed by atoms with Gasteiger partial charge >= 0.3 is 6.18 Å². The van der Waals surface area contributed by atoms with E-state index in [0.717, 1.165) is 18.2 Å². The molecule has 0 aromatic carbocycles. The second-order valence-corrected chi connectivity index (χ2v) is 11.2. The zero-order chi connectivity index (χ0) is 28.2. The first-order chi connectivity index (χ1) is 17.6. The van der Waals surface area contributed by atoms with Gasteiger partial charge in [0.1, 0.15) is 28.8 Å². The van der Waals surface area contributed by atoms with Crippen molar-refractivity contribution in [3.05, 3.63) is 69.9 Å². The average molecular weight is 605 g/mol. The Morgan fingerprint density at radius 1 is 1.18 bits per heavy atom. The minimum atomic E-state index is -4.82. The Kier molecular flexibility index (Phi) is 8.09. The summed E-state index contributed by atoms with van der Waals surface area (Å²) in [7, 11) is 0. The number of aliphatic hydroxyl groups is 1. The third-order valence-corrected chi connectivity index (χ3v) is 8.12. The molecule has 0 saturated heterocycles. The van der Waals surface area contributed by atoms with Gasteiger partial charge in [0.05, 0.1) is 17.0 Å². The molecular weight excluding hydrogens is 583 g/mol. The third-order valence-electron chi connectivity index (χ3n) is 6.78. The van der Waals surface area contributed by atoms with E-state index in [1.165, 1.54) is 18.2 Å². The summed E-state index contributed by atoms with van der Waals surface area (Å²) in [5.74, 6) is -6.16. The van der Waals surface area contributed by atoms with Crippen LogP contribution in [0.15, 0.2) is 69.9 Å². The summed E-state index contributed by atoms with van der Waals surface area (Å²) in [4.78, 5) is 12.7. The van der Waals surface area contributed by atoms with Gasteiger partial charge in [-0.1, -0.05) is 42.0 Å². The maximum Gasteiger partial charge on any atom is 0.398 e. The number of aliphatic hydroxyl groups excluding tert-OH is 1. The average Bonchev–Trinajstić information content (AvgIpc) is 3.42. The molecule has 0 radical (unpaired) electrons. The quantitative estimate of drug-likeness (QED) is 0.195. The lowest BCUT2D eigenvalue weighted by molar-refractivity contribution is -0.172.